The molecule has 1 fully saturated rings. The average Bonchev–Trinajstić information content (AvgIpc) is 2.86. The first-order valence-electron chi connectivity index (χ1n) is 7.37. The molecule has 1 aliphatic carbocycles. The number of benzene rings is 1. The van der Waals surface area contributed by atoms with Crippen molar-refractivity contribution in [3.05, 3.63) is 40.8 Å². The molecule has 2 N–H and O–H groups in total. The summed E-state index contributed by atoms with van der Waals surface area (Å²) < 4.78 is 8.05. The van der Waals surface area contributed by atoms with Gasteiger partial charge < -0.3 is 15.0 Å². The molecule has 0 spiro atoms. The molecular weight excluding hydrogens is 335 g/mol. The lowest BCUT2D eigenvalue weighted by atomic mass is 9.93. The van der Waals surface area contributed by atoms with Gasteiger partial charge >= 0.3 is 0 Å². The molecule has 0 bridgehead atoms. The molecule has 2 heterocycles. The van der Waals surface area contributed by atoms with Crippen molar-refractivity contribution >= 4 is 39.9 Å². The van der Waals surface area contributed by atoms with E-state index in [9.17, 15) is 0 Å². The highest BCUT2D eigenvalue weighted by molar-refractivity contribution is 6.37. The van der Waals surface area contributed by atoms with Crippen LogP contribution in [-0.2, 0) is 0 Å². The van der Waals surface area contributed by atoms with Gasteiger partial charge in [0.25, 0.3) is 0 Å². The molecular formula is C16H14Cl2N4O. The Morgan fingerprint density at radius 1 is 1.17 bits per heavy atom. The van der Waals surface area contributed by atoms with Crippen molar-refractivity contribution in [3.8, 4) is 11.6 Å². The Labute approximate surface area is 143 Å². The summed E-state index contributed by atoms with van der Waals surface area (Å²) in [5.74, 6) is 0.778. The summed E-state index contributed by atoms with van der Waals surface area (Å²) in [6.07, 6.45) is 7.14. The topological polar surface area (TPSA) is 66.0 Å². The second-order valence-corrected chi connectivity index (χ2v) is 6.45. The molecule has 5 nitrogen and oxygen atoms in total. The van der Waals surface area contributed by atoms with Crippen LogP contribution in [0.3, 0.4) is 0 Å². The Morgan fingerprint density at radius 3 is 2.57 bits per heavy atom. The molecule has 0 saturated heterocycles. The summed E-state index contributed by atoms with van der Waals surface area (Å²) in [7, 11) is 0. The SMILES string of the molecule is Nc1cc(Cl)c(Oc2ncnc3c2ccn3C2CCC2)c(Cl)c1. The van der Waals surface area contributed by atoms with Gasteiger partial charge in [-0.05, 0) is 37.5 Å². The van der Waals surface area contributed by atoms with E-state index in [1.54, 1.807) is 12.1 Å². The quantitative estimate of drug-likeness (QED) is 0.687. The third-order valence-corrected chi connectivity index (χ3v) is 4.72. The molecule has 3 aromatic rings. The third kappa shape index (κ3) is 2.50. The van der Waals surface area contributed by atoms with E-state index in [1.807, 2.05) is 12.3 Å². The van der Waals surface area contributed by atoms with Crippen LogP contribution in [0.2, 0.25) is 10.0 Å². The molecule has 0 aliphatic heterocycles. The Morgan fingerprint density at radius 2 is 1.91 bits per heavy atom. The molecule has 0 atom stereocenters. The Balaban J connectivity index is 1.76. The van der Waals surface area contributed by atoms with Gasteiger partial charge in [0.2, 0.25) is 5.88 Å². The number of nitrogen functional groups attached to an aromatic ring is 1. The summed E-state index contributed by atoms with van der Waals surface area (Å²) in [4.78, 5) is 8.62. The molecule has 118 valence electrons. The number of aromatic nitrogens is 3. The zero-order valence-corrected chi connectivity index (χ0v) is 13.7. The number of nitrogens with two attached hydrogens (primary N) is 1. The standard InChI is InChI=1S/C16H14Cl2N4O/c17-12-6-9(19)7-13(18)14(12)23-16-11-4-5-22(10-2-1-3-10)15(11)20-8-21-16/h4-8,10H,1-3,19H2. The fourth-order valence-corrected chi connectivity index (χ4v) is 3.34. The van der Waals surface area contributed by atoms with Crippen LogP contribution in [0, 0.1) is 0 Å². The minimum absolute atomic E-state index is 0.346. The lowest BCUT2D eigenvalue weighted by molar-refractivity contribution is 0.320. The van der Waals surface area contributed by atoms with Crippen LogP contribution in [0.25, 0.3) is 11.0 Å². The number of rotatable bonds is 3. The van der Waals surface area contributed by atoms with Gasteiger partial charge in [-0.25, -0.2) is 9.97 Å². The van der Waals surface area contributed by atoms with Crippen LogP contribution in [-0.4, -0.2) is 14.5 Å². The number of anilines is 1. The van der Waals surface area contributed by atoms with Crippen molar-refractivity contribution in [3.63, 3.8) is 0 Å². The van der Waals surface area contributed by atoms with Crippen molar-refractivity contribution in [2.75, 3.05) is 5.73 Å². The fourth-order valence-electron chi connectivity index (χ4n) is 2.76. The maximum absolute atomic E-state index is 6.19. The molecule has 1 aromatic carbocycles. The predicted octanol–water partition coefficient (Wildman–Crippen LogP) is 4.84. The molecule has 2 aromatic heterocycles. The monoisotopic (exact) mass is 348 g/mol. The second-order valence-electron chi connectivity index (χ2n) is 5.64. The largest absolute Gasteiger partial charge is 0.435 e. The van der Waals surface area contributed by atoms with Gasteiger partial charge in [-0.1, -0.05) is 23.2 Å². The third-order valence-electron chi connectivity index (χ3n) is 4.16. The fraction of sp³-hybridized carbons (Fsp3) is 0.250. The van der Waals surface area contributed by atoms with E-state index in [1.165, 1.54) is 25.6 Å². The van der Waals surface area contributed by atoms with E-state index >= 15 is 0 Å². The molecule has 0 unspecified atom stereocenters. The molecule has 0 amide bonds. The maximum atomic E-state index is 6.19. The van der Waals surface area contributed by atoms with Crippen molar-refractivity contribution in [1.82, 2.24) is 14.5 Å². The van der Waals surface area contributed by atoms with Crippen LogP contribution in [0.15, 0.2) is 30.7 Å². The molecule has 23 heavy (non-hydrogen) atoms. The zero-order valence-electron chi connectivity index (χ0n) is 12.2. The van der Waals surface area contributed by atoms with Gasteiger partial charge in [0.05, 0.1) is 15.4 Å². The minimum atomic E-state index is 0.346. The number of fused-ring (bicyclic) bond motifs is 1. The van der Waals surface area contributed by atoms with Gasteiger partial charge in [0.1, 0.15) is 12.0 Å². The summed E-state index contributed by atoms with van der Waals surface area (Å²) in [5, 5.41) is 1.53. The molecule has 4 rings (SSSR count). The normalized spacial score (nSPS) is 14.9. The van der Waals surface area contributed by atoms with Crippen molar-refractivity contribution in [2.24, 2.45) is 0 Å². The van der Waals surface area contributed by atoms with E-state index in [0.29, 0.717) is 33.4 Å². The van der Waals surface area contributed by atoms with Crippen LogP contribution >= 0.6 is 23.2 Å². The van der Waals surface area contributed by atoms with Crippen LogP contribution in [0.1, 0.15) is 25.3 Å². The van der Waals surface area contributed by atoms with Crippen LogP contribution in [0.4, 0.5) is 5.69 Å². The van der Waals surface area contributed by atoms with E-state index in [0.717, 1.165) is 11.0 Å². The summed E-state index contributed by atoms with van der Waals surface area (Å²) in [5.41, 5.74) is 7.06. The van der Waals surface area contributed by atoms with Crippen molar-refractivity contribution in [2.45, 2.75) is 25.3 Å². The highest BCUT2D eigenvalue weighted by atomic mass is 35.5. The number of hydrogen-bond donors (Lipinski definition) is 1. The van der Waals surface area contributed by atoms with Gasteiger partial charge in [-0.3, -0.25) is 0 Å². The molecule has 1 aliphatic rings. The average molecular weight is 349 g/mol. The first-order chi connectivity index (χ1) is 11.1. The minimum Gasteiger partial charge on any atom is -0.435 e. The Hall–Kier alpha value is -1.98. The van der Waals surface area contributed by atoms with Crippen LogP contribution in [0.5, 0.6) is 11.6 Å². The predicted molar refractivity (Wildman–Crippen MR) is 91.4 cm³/mol. The van der Waals surface area contributed by atoms with Gasteiger partial charge in [0, 0.05) is 17.9 Å². The smallest absolute Gasteiger partial charge is 0.231 e. The first-order valence-corrected chi connectivity index (χ1v) is 8.13. The first kappa shape index (κ1) is 14.6. The maximum Gasteiger partial charge on any atom is 0.231 e. The molecule has 0 radical (unpaired) electrons. The Bertz CT molecular complexity index is 866. The van der Waals surface area contributed by atoms with E-state index in [2.05, 4.69) is 14.5 Å². The van der Waals surface area contributed by atoms with Crippen LogP contribution < -0.4 is 10.5 Å². The summed E-state index contributed by atoms with van der Waals surface area (Å²) >= 11 is 12.4. The van der Waals surface area contributed by atoms with E-state index < -0.39 is 0 Å². The lowest BCUT2D eigenvalue weighted by Gasteiger charge is -2.27. The van der Waals surface area contributed by atoms with Gasteiger partial charge in [0.15, 0.2) is 5.75 Å². The number of nitrogens with zero attached hydrogens (tertiary/aromatic N) is 3. The molecule has 1 saturated carbocycles. The van der Waals surface area contributed by atoms with Gasteiger partial charge in [-0.2, -0.15) is 0 Å². The van der Waals surface area contributed by atoms with Gasteiger partial charge in [-0.15, -0.1) is 0 Å². The lowest BCUT2D eigenvalue weighted by Crippen LogP contribution is -2.16. The van der Waals surface area contributed by atoms with Crippen molar-refractivity contribution < 1.29 is 4.74 Å². The zero-order chi connectivity index (χ0) is 16.0. The second kappa shape index (κ2) is 5.58. The Kier molecular flexibility index (Phi) is 3.54. The number of hydrogen-bond acceptors (Lipinski definition) is 4. The molecule has 7 heteroatoms. The highest BCUT2D eigenvalue weighted by Gasteiger charge is 2.22. The van der Waals surface area contributed by atoms with E-state index in [-0.39, 0.29) is 0 Å². The highest BCUT2D eigenvalue weighted by Crippen LogP contribution is 2.40. The van der Waals surface area contributed by atoms with E-state index in [4.69, 9.17) is 33.7 Å². The summed E-state index contributed by atoms with van der Waals surface area (Å²) in [6, 6.07) is 5.67. The van der Waals surface area contributed by atoms with Crippen molar-refractivity contribution in [1.29, 1.82) is 0 Å². The number of ether oxygens (including phenoxy) is 1. The summed E-state index contributed by atoms with van der Waals surface area (Å²) in [6.45, 7) is 0. The number of halogens is 2.